The van der Waals surface area contributed by atoms with Gasteiger partial charge in [0.25, 0.3) is 0 Å². The van der Waals surface area contributed by atoms with Gasteiger partial charge in [-0.05, 0) is 69.0 Å². The van der Waals surface area contributed by atoms with Crippen molar-refractivity contribution in [3.05, 3.63) is 47.3 Å². The van der Waals surface area contributed by atoms with Crippen molar-refractivity contribution >= 4 is 39.7 Å². The van der Waals surface area contributed by atoms with Gasteiger partial charge in [0.05, 0.1) is 11.7 Å². The third-order valence-electron chi connectivity index (χ3n) is 6.89. The molecule has 3 heterocycles. The zero-order valence-corrected chi connectivity index (χ0v) is 22.2. The highest BCUT2D eigenvalue weighted by molar-refractivity contribution is 7.80. The molecule has 4 rings (SSSR count). The molecule has 0 spiro atoms. The number of hydrogen-bond acceptors (Lipinski definition) is 6. The maximum absolute atomic E-state index is 5.50. The van der Waals surface area contributed by atoms with Crippen molar-refractivity contribution in [3.8, 4) is 0 Å². The fourth-order valence-corrected chi connectivity index (χ4v) is 4.79. The highest BCUT2D eigenvalue weighted by Gasteiger charge is 2.20. The van der Waals surface area contributed by atoms with E-state index in [-0.39, 0.29) is 0 Å². The summed E-state index contributed by atoms with van der Waals surface area (Å²) in [6.45, 7) is 17.5. The van der Waals surface area contributed by atoms with E-state index >= 15 is 0 Å². The Bertz CT molecular complexity index is 1130. The van der Waals surface area contributed by atoms with Crippen LogP contribution in [-0.2, 0) is 6.54 Å². The molecule has 1 fully saturated rings. The maximum Gasteiger partial charge on any atom is 0.170 e. The lowest BCUT2D eigenvalue weighted by atomic mass is 10.1. The molecule has 1 aromatic carbocycles. The first-order valence-electron chi connectivity index (χ1n) is 12.6. The van der Waals surface area contributed by atoms with Crippen LogP contribution in [-0.4, -0.2) is 82.5 Å². The van der Waals surface area contributed by atoms with Gasteiger partial charge < -0.3 is 20.4 Å². The van der Waals surface area contributed by atoms with Crippen LogP contribution in [0.4, 0.5) is 11.5 Å². The van der Waals surface area contributed by atoms with Crippen molar-refractivity contribution in [3.63, 3.8) is 0 Å². The summed E-state index contributed by atoms with van der Waals surface area (Å²) in [6, 6.07) is 8.50. The minimum absolute atomic E-state index is 0.655. The number of hydrogen-bond donors (Lipinski definition) is 3. The van der Waals surface area contributed by atoms with E-state index in [1.165, 1.54) is 11.1 Å². The number of thiocarbonyl (C=S) groups is 1. The summed E-state index contributed by atoms with van der Waals surface area (Å²) in [7, 11) is 0. The van der Waals surface area contributed by atoms with Crippen LogP contribution in [0.5, 0.6) is 0 Å². The van der Waals surface area contributed by atoms with Crippen LogP contribution in [0, 0.1) is 13.8 Å². The monoisotopic (exact) mass is 494 g/mol. The van der Waals surface area contributed by atoms with Gasteiger partial charge in [0.1, 0.15) is 5.82 Å². The van der Waals surface area contributed by atoms with E-state index in [0.717, 1.165) is 87.0 Å². The quantitative estimate of drug-likeness (QED) is 0.390. The summed E-state index contributed by atoms with van der Waals surface area (Å²) in [5, 5.41) is 15.6. The standard InChI is InChI=1S/C26H38N8S/c1-5-32(6-2)10-9-27-26(35)29-22-7-8-24-23(16-22)19(3)15-25(30-24)34-13-11-33(12-14-34)18-21-17-28-31-20(21)4/h7-8,15-17H,5-6,9-14,18H2,1-4H3,(H,28,31)(H2,27,29,35). The molecule has 2 aromatic heterocycles. The van der Waals surface area contributed by atoms with Crippen LogP contribution < -0.4 is 15.5 Å². The number of anilines is 2. The smallest absolute Gasteiger partial charge is 0.170 e. The number of piperazine rings is 1. The van der Waals surface area contributed by atoms with Crippen LogP contribution in [0.3, 0.4) is 0 Å². The minimum atomic E-state index is 0.655. The zero-order valence-electron chi connectivity index (χ0n) is 21.4. The molecule has 3 aromatic rings. The summed E-state index contributed by atoms with van der Waals surface area (Å²) in [5.41, 5.74) is 5.66. The number of benzene rings is 1. The third kappa shape index (κ3) is 6.48. The predicted molar refractivity (Wildman–Crippen MR) is 149 cm³/mol. The summed E-state index contributed by atoms with van der Waals surface area (Å²) < 4.78 is 0. The second kappa shape index (κ2) is 11.8. The Morgan fingerprint density at radius 2 is 1.89 bits per heavy atom. The molecule has 1 saturated heterocycles. The number of fused-ring (bicyclic) bond motifs is 1. The van der Waals surface area contributed by atoms with E-state index in [0.29, 0.717) is 5.11 Å². The van der Waals surface area contributed by atoms with E-state index in [1.54, 1.807) is 0 Å². The van der Waals surface area contributed by atoms with Gasteiger partial charge >= 0.3 is 0 Å². The lowest BCUT2D eigenvalue weighted by molar-refractivity contribution is 0.249. The molecule has 188 valence electrons. The van der Waals surface area contributed by atoms with Gasteiger partial charge in [0.2, 0.25) is 0 Å². The average molecular weight is 495 g/mol. The molecule has 0 atom stereocenters. The molecule has 0 amide bonds. The molecule has 8 nitrogen and oxygen atoms in total. The van der Waals surface area contributed by atoms with E-state index in [4.69, 9.17) is 17.2 Å². The number of rotatable bonds is 9. The van der Waals surface area contributed by atoms with Crippen LogP contribution in [0.1, 0.15) is 30.7 Å². The second-order valence-corrected chi connectivity index (χ2v) is 9.63. The van der Waals surface area contributed by atoms with Gasteiger partial charge in [0, 0.05) is 68.1 Å². The van der Waals surface area contributed by atoms with Gasteiger partial charge in [0.15, 0.2) is 5.11 Å². The Labute approximate surface area is 214 Å². The lowest BCUT2D eigenvalue weighted by Crippen LogP contribution is -2.46. The summed E-state index contributed by atoms with van der Waals surface area (Å²) >= 11 is 5.50. The number of aromatic nitrogens is 3. The van der Waals surface area contributed by atoms with Crippen molar-refractivity contribution in [1.29, 1.82) is 0 Å². The Morgan fingerprint density at radius 1 is 1.11 bits per heavy atom. The van der Waals surface area contributed by atoms with Gasteiger partial charge in [-0.3, -0.25) is 10.00 Å². The SMILES string of the molecule is CCN(CC)CCNC(=S)Nc1ccc2nc(N3CCN(Cc4cn[nH]c4C)CC3)cc(C)c2c1. The number of H-pyrrole nitrogens is 1. The number of nitrogens with zero attached hydrogens (tertiary/aromatic N) is 5. The Kier molecular flexibility index (Phi) is 8.54. The molecule has 0 unspecified atom stereocenters. The molecule has 9 heteroatoms. The molecule has 0 saturated carbocycles. The fourth-order valence-electron chi connectivity index (χ4n) is 4.57. The number of aryl methyl sites for hydroxylation is 2. The Hall–Kier alpha value is -2.75. The average Bonchev–Trinajstić information content (AvgIpc) is 3.26. The molecule has 1 aliphatic heterocycles. The summed E-state index contributed by atoms with van der Waals surface area (Å²) in [5.74, 6) is 1.06. The van der Waals surface area contributed by atoms with Crippen LogP contribution in [0.25, 0.3) is 10.9 Å². The molecule has 3 N–H and O–H groups in total. The lowest BCUT2D eigenvalue weighted by Gasteiger charge is -2.35. The van der Waals surface area contributed by atoms with Gasteiger partial charge in [-0.25, -0.2) is 4.98 Å². The van der Waals surface area contributed by atoms with Crippen LogP contribution >= 0.6 is 12.2 Å². The molecule has 35 heavy (non-hydrogen) atoms. The summed E-state index contributed by atoms with van der Waals surface area (Å²) in [4.78, 5) is 12.2. The first-order valence-corrected chi connectivity index (χ1v) is 13.0. The second-order valence-electron chi connectivity index (χ2n) is 9.22. The van der Waals surface area contributed by atoms with Crippen molar-refractivity contribution < 1.29 is 0 Å². The number of nitrogens with one attached hydrogen (secondary N) is 3. The van der Waals surface area contributed by atoms with Gasteiger partial charge in [-0.2, -0.15) is 5.10 Å². The highest BCUT2D eigenvalue weighted by atomic mass is 32.1. The predicted octanol–water partition coefficient (Wildman–Crippen LogP) is 3.53. The Morgan fingerprint density at radius 3 is 2.57 bits per heavy atom. The van der Waals surface area contributed by atoms with Gasteiger partial charge in [-0.1, -0.05) is 13.8 Å². The van der Waals surface area contributed by atoms with E-state index in [9.17, 15) is 0 Å². The molecular formula is C26H38N8S. The largest absolute Gasteiger partial charge is 0.361 e. The molecule has 0 aliphatic carbocycles. The topological polar surface area (TPSA) is 75.3 Å². The van der Waals surface area contributed by atoms with E-state index in [1.807, 2.05) is 6.20 Å². The molecule has 0 radical (unpaired) electrons. The number of pyridine rings is 1. The third-order valence-corrected chi connectivity index (χ3v) is 7.14. The highest BCUT2D eigenvalue weighted by Crippen LogP contribution is 2.26. The van der Waals surface area contributed by atoms with E-state index in [2.05, 4.69) is 87.5 Å². The number of likely N-dealkylation sites (N-methyl/N-ethyl adjacent to an activating group) is 1. The van der Waals surface area contributed by atoms with Gasteiger partial charge in [-0.15, -0.1) is 0 Å². The minimum Gasteiger partial charge on any atom is -0.361 e. The maximum atomic E-state index is 5.50. The number of aromatic amines is 1. The fraction of sp³-hybridized carbons (Fsp3) is 0.500. The molecule has 0 bridgehead atoms. The van der Waals surface area contributed by atoms with Crippen LogP contribution in [0.15, 0.2) is 30.5 Å². The van der Waals surface area contributed by atoms with Crippen molar-refractivity contribution in [2.75, 3.05) is 62.6 Å². The summed E-state index contributed by atoms with van der Waals surface area (Å²) in [6.07, 6.45) is 1.94. The van der Waals surface area contributed by atoms with Crippen molar-refractivity contribution in [2.24, 2.45) is 0 Å². The zero-order chi connectivity index (χ0) is 24.8. The van der Waals surface area contributed by atoms with Crippen molar-refractivity contribution in [2.45, 2.75) is 34.2 Å². The first-order chi connectivity index (χ1) is 17.0. The molecular weight excluding hydrogens is 456 g/mol. The molecule has 1 aliphatic rings. The first kappa shape index (κ1) is 25.3. The normalized spacial score (nSPS) is 14.6. The van der Waals surface area contributed by atoms with Crippen molar-refractivity contribution in [1.82, 2.24) is 30.3 Å². The van der Waals surface area contributed by atoms with E-state index < -0.39 is 0 Å². The van der Waals surface area contributed by atoms with Crippen LogP contribution in [0.2, 0.25) is 0 Å². The Balaban J connectivity index is 1.35.